The number of para-hydroxylation sites is 1. The predicted octanol–water partition coefficient (Wildman–Crippen LogP) is 6.04. The molecule has 0 aliphatic carbocycles. The molecule has 0 N–H and O–H groups in total. The second-order valence-electron chi connectivity index (χ2n) is 5.80. The van der Waals surface area contributed by atoms with Crippen LogP contribution in [0, 0.1) is 0 Å². The number of hydrogen-bond acceptors (Lipinski definition) is 1. The Bertz CT molecular complexity index is 307. The number of benzene rings is 1. The molecular weight excluding hydrogens is 242 g/mol. The van der Waals surface area contributed by atoms with Crippen LogP contribution in [0.4, 0.5) is 5.69 Å². The molecule has 114 valence electrons. The Morgan fingerprint density at radius 3 is 1.80 bits per heavy atom. The van der Waals surface area contributed by atoms with Crippen molar-refractivity contribution < 1.29 is 0 Å². The lowest BCUT2D eigenvalue weighted by Crippen LogP contribution is -2.25. The van der Waals surface area contributed by atoms with Gasteiger partial charge in [-0.15, -0.1) is 0 Å². The van der Waals surface area contributed by atoms with Gasteiger partial charge in [-0.2, -0.15) is 0 Å². The number of anilines is 1. The minimum absolute atomic E-state index is 1.22. The maximum Gasteiger partial charge on any atom is 0.0366 e. The first-order valence-corrected chi connectivity index (χ1v) is 8.68. The molecule has 0 saturated carbocycles. The average molecular weight is 275 g/mol. The molecule has 0 radical (unpaired) electrons. The van der Waals surface area contributed by atoms with Gasteiger partial charge in [0.25, 0.3) is 0 Å². The van der Waals surface area contributed by atoms with Crippen molar-refractivity contribution in [2.45, 2.75) is 71.6 Å². The third kappa shape index (κ3) is 7.57. The molecule has 1 nitrogen and oxygen atoms in total. The highest BCUT2D eigenvalue weighted by Crippen LogP contribution is 2.16. The van der Waals surface area contributed by atoms with Crippen LogP contribution < -0.4 is 4.90 Å². The summed E-state index contributed by atoms with van der Waals surface area (Å²) in [4.78, 5) is 2.58. The van der Waals surface area contributed by atoms with Crippen LogP contribution in [0.25, 0.3) is 0 Å². The monoisotopic (exact) mass is 275 g/mol. The maximum atomic E-state index is 2.58. The van der Waals surface area contributed by atoms with Crippen LogP contribution >= 0.6 is 0 Å². The molecule has 0 bridgehead atoms. The summed E-state index contributed by atoms with van der Waals surface area (Å²) in [5, 5.41) is 0. The van der Waals surface area contributed by atoms with Gasteiger partial charge in [-0.25, -0.2) is 0 Å². The fourth-order valence-corrected chi connectivity index (χ4v) is 2.64. The topological polar surface area (TPSA) is 3.24 Å². The zero-order valence-electron chi connectivity index (χ0n) is 13.6. The third-order valence-electron chi connectivity index (χ3n) is 3.93. The van der Waals surface area contributed by atoms with Gasteiger partial charge in [0, 0.05) is 18.8 Å². The second kappa shape index (κ2) is 11.8. The van der Waals surface area contributed by atoms with E-state index in [1.807, 2.05) is 0 Å². The van der Waals surface area contributed by atoms with E-state index in [0.29, 0.717) is 0 Å². The molecule has 0 aliphatic heterocycles. The van der Waals surface area contributed by atoms with Gasteiger partial charge in [0.1, 0.15) is 0 Å². The summed E-state index contributed by atoms with van der Waals surface area (Å²) in [6.45, 7) is 7.00. The molecule has 1 rings (SSSR count). The number of rotatable bonds is 12. The van der Waals surface area contributed by atoms with Crippen molar-refractivity contribution >= 4 is 5.69 Å². The van der Waals surface area contributed by atoms with Crippen molar-refractivity contribution in [1.82, 2.24) is 0 Å². The fourth-order valence-electron chi connectivity index (χ4n) is 2.64. The summed E-state index contributed by atoms with van der Waals surface area (Å²) in [5.74, 6) is 0. The largest absolute Gasteiger partial charge is 0.372 e. The van der Waals surface area contributed by atoms with E-state index in [1.54, 1.807) is 0 Å². The fraction of sp³-hybridized carbons (Fsp3) is 0.684. The van der Waals surface area contributed by atoms with Gasteiger partial charge in [-0.1, -0.05) is 77.0 Å². The van der Waals surface area contributed by atoms with Crippen molar-refractivity contribution in [3.8, 4) is 0 Å². The van der Waals surface area contributed by atoms with Crippen LogP contribution in [-0.4, -0.2) is 13.1 Å². The summed E-state index contributed by atoms with van der Waals surface area (Å²) in [7, 11) is 0. The summed E-state index contributed by atoms with van der Waals surface area (Å²) < 4.78 is 0. The molecule has 0 fully saturated rings. The second-order valence-corrected chi connectivity index (χ2v) is 5.80. The quantitative estimate of drug-likeness (QED) is 0.420. The smallest absolute Gasteiger partial charge is 0.0366 e. The SMILES string of the molecule is CCCCCCCCN(CCCCC)c1ccccc1. The molecule has 1 aromatic rings. The van der Waals surface area contributed by atoms with E-state index >= 15 is 0 Å². The van der Waals surface area contributed by atoms with E-state index in [4.69, 9.17) is 0 Å². The molecule has 0 amide bonds. The lowest BCUT2D eigenvalue weighted by Gasteiger charge is -2.25. The normalized spacial score (nSPS) is 10.7. The first-order valence-electron chi connectivity index (χ1n) is 8.68. The van der Waals surface area contributed by atoms with E-state index in [1.165, 1.54) is 76.6 Å². The summed E-state index contributed by atoms with van der Waals surface area (Å²) in [5.41, 5.74) is 1.40. The van der Waals surface area contributed by atoms with Crippen LogP contribution in [0.3, 0.4) is 0 Å². The summed E-state index contributed by atoms with van der Waals surface area (Å²) in [6.07, 6.45) is 12.3. The standard InChI is InChI=1S/C19H33N/c1-3-5-7-8-9-14-18-20(17-13-6-4-2)19-15-11-10-12-16-19/h10-12,15-16H,3-9,13-14,17-18H2,1-2H3. The van der Waals surface area contributed by atoms with Crippen LogP contribution in [0.5, 0.6) is 0 Å². The van der Waals surface area contributed by atoms with Gasteiger partial charge >= 0.3 is 0 Å². The zero-order valence-corrected chi connectivity index (χ0v) is 13.6. The Morgan fingerprint density at radius 1 is 0.650 bits per heavy atom. The first-order chi connectivity index (χ1) is 9.88. The van der Waals surface area contributed by atoms with E-state index in [-0.39, 0.29) is 0 Å². The minimum atomic E-state index is 1.22. The Labute approximate surface area is 126 Å². The Balaban J connectivity index is 2.31. The molecule has 0 heterocycles. The molecule has 0 aliphatic rings. The van der Waals surface area contributed by atoms with Crippen molar-refractivity contribution in [2.24, 2.45) is 0 Å². The van der Waals surface area contributed by atoms with Gasteiger partial charge in [0.15, 0.2) is 0 Å². The van der Waals surface area contributed by atoms with Crippen LogP contribution in [0.2, 0.25) is 0 Å². The third-order valence-corrected chi connectivity index (χ3v) is 3.93. The lowest BCUT2D eigenvalue weighted by atomic mass is 10.1. The molecule has 20 heavy (non-hydrogen) atoms. The molecular formula is C19H33N. The number of hydrogen-bond donors (Lipinski definition) is 0. The van der Waals surface area contributed by atoms with Crippen molar-refractivity contribution in [3.05, 3.63) is 30.3 Å². The van der Waals surface area contributed by atoms with Gasteiger partial charge < -0.3 is 4.90 Å². The van der Waals surface area contributed by atoms with Crippen LogP contribution in [-0.2, 0) is 0 Å². The van der Waals surface area contributed by atoms with E-state index in [0.717, 1.165) is 0 Å². The zero-order chi connectivity index (χ0) is 14.5. The Morgan fingerprint density at radius 2 is 1.15 bits per heavy atom. The summed E-state index contributed by atoms with van der Waals surface area (Å²) in [6, 6.07) is 10.9. The summed E-state index contributed by atoms with van der Waals surface area (Å²) >= 11 is 0. The van der Waals surface area contributed by atoms with E-state index < -0.39 is 0 Å². The average Bonchev–Trinajstić information content (AvgIpc) is 2.50. The van der Waals surface area contributed by atoms with Crippen molar-refractivity contribution in [1.29, 1.82) is 0 Å². The van der Waals surface area contributed by atoms with Crippen molar-refractivity contribution in [3.63, 3.8) is 0 Å². The van der Waals surface area contributed by atoms with Gasteiger partial charge in [0.05, 0.1) is 0 Å². The van der Waals surface area contributed by atoms with Crippen LogP contribution in [0.15, 0.2) is 30.3 Å². The first kappa shape index (κ1) is 17.1. The highest BCUT2D eigenvalue weighted by atomic mass is 15.1. The Hall–Kier alpha value is -0.980. The molecule has 1 aromatic carbocycles. The van der Waals surface area contributed by atoms with Gasteiger partial charge in [-0.05, 0) is 25.0 Å². The molecule has 0 atom stereocenters. The molecule has 1 heteroatoms. The molecule has 0 saturated heterocycles. The number of unbranched alkanes of at least 4 members (excludes halogenated alkanes) is 7. The van der Waals surface area contributed by atoms with Gasteiger partial charge in [-0.3, -0.25) is 0 Å². The predicted molar refractivity (Wildman–Crippen MR) is 91.6 cm³/mol. The van der Waals surface area contributed by atoms with Crippen LogP contribution in [0.1, 0.15) is 71.6 Å². The van der Waals surface area contributed by atoms with E-state index in [9.17, 15) is 0 Å². The highest BCUT2D eigenvalue weighted by molar-refractivity contribution is 5.45. The Kier molecular flexibility index (Phi) is 10.1. The van der Waals surface area contributed by atoms with E-state index in [2.05, 4.69) is 49.1 Å². The van der Waals surface area contributed by atoms with Gasteiger partial charge in [0.2, 0.25) is 0 Å². The van der Waals surface area contributed by atoms with Crippen molar-refractivity contribution in [2.75, 3.05) is 18.0 Å². The lowest BCUT2D eigenvalue weighted by molar-refractivity contribution is 0.589. The maximum absolute atomic E-state index is 2.58. The highest BCUT2D eigenvalue weighted by Gasteiger charge is 2.05. The minimum Gasteiger partial charge on any atom is -0.372 e. The molecule has 0 spiro atoms. The number of nitrogens with zero attached hydrogens (tertiary/aromatic N) is 1. The molecule has 0 unspecified atom stereocenters. The molecule has 0 aromatic heterocycles.